The number of carboxylic acids is 1. The lowest BCUT2D eigenvalue weighted by atomic mass is 10.2. The van der Waals surface area contributed by atoms with Crippen molar-refractivity contribution in [1.82, 2.24) is 0 Å². The summed E-state index contributed by atoms with van der Waals surface area (Å²) < 4.78 is 0. The normalized spacial score (nSPS) is 8.67. The average molecular weight is 180 g/mol. The highest BCUT2D eigenvalue weighted by Gasteiger charge is 2.08. The van der Waals surface area contributed by atoms with Crippen LogP contribution in [0, 0.1) is 0 Å². The Morgan fingerprint density at radius 1 is 1.42 bits per heavy atom. The minimum absolute atomic E-state index is 0. The third kappa shape index (κ3) is 2.16. The number of aromatic carboxylic acids is 1. The first-order valence-electron chi connectivity index (χ1n) is 2.93. The monoisotopic (exact) mass is 180 g/mol. The molecule has 4 N–H and O–H groups in total. The van der Waals surface area contributed by atoms with Crippen molar-refractivity contribution in [2.45, 2.75) is 0 Å². The average Bonchev–Trinajstić information content (AvgIpc) is 1.94. The first kappa shape index (κ1) is 10.8. The molecule has 0 bridgehead atoms. The second-order valence-electron chi connectivity index (χ2n) is 2.08. The Bertz CT molecular complexity index is 301. The van der Waals surface area contributed by atoms with Crippen LogP contribution in [-0.2, 0) is 0 Å². The number of anilines is 1. The minimum Gasteiger partial charge on any atom is -0.507 e. The van der Waals surface area contributed by atoms with Gasteiger partial charge in [0.25, 0.3) is 0 Å². The molecule has 61 valence electrons. The zero-order valence-electron chi connectivity index (χ0n) is 6.19. The number of hydrogen-bond donors (Lipinski definition) is 3. The van der Waals surface area contributed by atoms with E-state index in [1.807, 2.05) is 0 Å². The van der Waals surface area contributed by atoms with Crippen molar-refractivity contribution in [2.24, 2.45) is 0 Å². The van der Waals surface area contributed by atoms with Gasteiger partial charge in [0.15, 0.2) is 0 Å². The van der Waals surface area contributed by atoms with E-state index >= 15 is 0 Å². The van der Waals surface area contributed by atoms with Crippen LogP contribution < -0.4 is 5.73 Å². The molecule has 0 spiro atoms. The molecular weight excluding hydrogens is 173 g/mol. The van der Waals surface area contributed by atoms with E-state index in [0.29, 0.717) is 5.69 Å². The van der Waals surface area contributed by atoms with E-state index < -0.39 is 5.97 Å². The molecule has 1 rings (SSSR count). The van der Waals surface area contributed by atoms with Gasteiger partial charge in [0.05, 0.1) is 0 Å². The molecule has 0 fully saturated rings. The van der Waals surface area contributed by atoms with Gasteiger partial charge in [0.2, 0.25) is 0 Å². The van der Waals surface area contributed by atoms with Crippen LogP contribution in [0.15, 0.2) is 18.2 Å². The van der Waals surface area contributed by atoms with Crippen LogP contribution in [0.5, 0.6) is 5.75 Å². The number of carbonyl (C=O) groups is 1. The molecular formula is C7H7AlNO3. The molecule has 0 atom stereocenters. The number of phenols is 1. The molecule has 1 aromatic carbocycles. The standard InChI is InChI=1S/C7H7NO3.Al/c8-4-1-2-6(9)5(3-4)7(10)11;/h1-3,9H,8H2,(H,10,11);. The molecule has 0 aliphatic rings. The van der Waals surface area contributed by atoms with E-state index in [1.54, 1.807) is 0 Å². The fourth-order valence-corrected chi connectivity index (χ4v) is 0.725. The summed E-state index contributed by atoms with van der Waals surface area (Å²) in [4.78, 5) is 10.4. The predicted molar refractivity (Wildman–Crippen MR) is 45.2 cm³/mol. The maximum atomic E-state index is 10.4. The third-order valence-electron chi connectivity index (χ3n) is 1.25. The van der Waals surface area contributed by atoms with Gasteiger partial charge in [-0.1, -0.05) is 0 Å². The van der Waals surface area contributed by atoms with Gasteiger partial charge in [-0.15, -0.1) is 0 Å². The lowest BCUT2D eigenvalue weighted by molar-refractivity contribution is 0.0694. The first-order valence-corrected chi connectivity index (χ1v) is 2.93. The van der Waals surface area contributed by atoms with Gasteiger partial charge in [-0.3, -0.25) is 0 Å². The fraction of sp³-hybridized carbons (Fsp3) is 0. The number of nitrogen functional groups attached to an aromatic ring is 1. The molecule has 0 saturated carbocycles. The molecule has 0 aliphatic heterocycles. The smallest absolute Gasteiger partial charge is 0.339 e. The topological polar surface area (TPSA) is 83.5 Å². The number of aromatic hydroxyl groups is 1. The second kappa shape index (κ2) is 4.00. The molecule has 1 aromatic rings. The third-order valence-corrected chi connectivity index (χ3v) is 1.25. The molecule has 12 heavy (non-hydrogen) atoms. The van der Waals surface area contributed by atoms with E-state index in [4.69, 9.17) is 15.9 Å². The minimum atomic E-state index is -1.19. The molecule has 0 amide bonds. The Morgan fingerprint density at radius 3 is 2.42 bits per heavy atom. The quantitative estimate of drug-likeness (QED) is 0.329. The van der Waals surface area contributed by atoms with Crippen molar-refractivity contribution in [1.29, 1.82) is 0 Å². The Balaban J connectivity index is 0.00000121. The Morgan fingerprint density at radius 2 is 2.00 bits per heavy atom. The molecule has 0 aliphatic carbocycles. The maximum Gasteiger partial charge on any atom is 0.339 e. The SMILES string of the molecule is Nc1ccc(O)c(C(=O)O)c1.[Al]. The zero-order chi connectivity index (χ0) is 8.43. The van der Waals surface area contributed by atoms with Crippen LogP contribution in [0.3, 0.4) is 0 Å². The molecule has 0 saturated heterocycles. The molecule has 3 radical (unpaired) electrons. The maximum absolute atomic E-state index is 10.4. The Labute approximate surface area is 79.8 Å². The lowest BCUT2D eigenvalue weighted by Gasteiger charge is -1.98. The van der Waals surface area contributed by atoms with Crippen LogP contribution in [0.25, 0.3) is 0 Å². The largest absolute Gasteiger partial charge is 0.507 e. The van der Waals surface area contributed by atoms with Gasteiger partial charge in [-0.25, -0.2) is 4.79 Å². The summed E-state index contributed by atoms with van der Waals surface area (Å²) in [6.45, 7) is 0. The van der Waals surface area contributed by atoms with Gasteiger partial charge in [0.1, 0.15) is 11.3 Å². The summed E-state index contributed by atoms with van der Waals surface area (Å²) in [6.07, 6.45) is 0. The van der Waals surface area contributed by atoms with Crippen molar-refractivity contribution in [3.05, 3.63) is 23.8 Å². The zero-order valence-corrected chi connectivity index (χ0v) is 7.34. The molecule has 0 aromatic heterocycles. The number of rotatable bonds is 1. The summed E-state index contributed by atoms with van der Waals surface area (Å²) in [5.74, 6) is -1.46. The van der Waals surface area contributed by atoms with Crippen LogP contribution in [0.2, 0.25) is 0 Å². The highest BCUT2D eigenvalue weighted by atomic mass is 27.0. The van der Waals surface area contributed by atoms with E-state index in [0.717, 1.165) is 0 Å². The van der Waals surface area contributed by atoms with Crippen LogP contribution >= 0.6 is 0 Å². The van der Waals surface area contributed by atoms with Crippen molar-refractivity contribution in [3.63, 3.8) is 0 Å². The Kier molecular flexibility index (Phi) is 3.61. The summed E-state index contributed by atoms with van der Waals surface area (Å²) >= 11 is 0. The van der Waals surface area contributed by atoms with E-state index in [-0.39, 0.29) is 28.7 Å². The van der Waals surface area contributed by atoms with Gasteiger partial charge >= 0.3 is 5.97 Å². The predicted octanol–water partition coefficient (Wildman–Crippen LogP) is 0.292. The second-order valence-corrected chi connectivity index (χ2v) is 2.08. The van der Waals surface area contributed by atoms with Gasteiger partial charge in [-0.05, 0) is 18.2 Å². The van der Waals surface area contributed by atoms with E-state index in [9.17, 15) is 4.79 Å². The van der Waals surface area contributed by atoms with Crippen LogP contribution in [0.4, 0.5) is 5.69 Å². The van der Waals surface area contributed by atoms with E-state index in [1.165, 1.54) is 18.2 Å². The lowest BCUT2D eigenvalue weighted by Crippen LogP contribution is -1.97. The number of nitrogens with two attached hydrogens (primary N) is 1. The summed E-state index contributed by atoms with van der Waals surface area (Å²) in [6, 6.07) is 3.89. The van der Waals surface area contributed by atoms with Gasteiger partial charge in [-0.2, -0.15) is 0 Å². The van der Waals surface area contributed by atoms with Crippen molar-refractivity contribution in [3.8, 4) is 5.75 Å². The fourth-order valence-electron chi connectivity index (χ4n) is 0.725. The van der Waals surface area contributed by atoms with E-state index in [2.05, 4.69) is 0 Å². The summed E-state index contributed by atoms with van der Waals surface area (Å²) in [5.41, 5.74) is 5.43. The van der Waals surface area contributed by atoms with Gasteiger partial charge in [0, 0.05) is 23.0 Å². The molecule has 0 heterocycles. The first-order chi connectivity index (χ1) is 5.11. The summed E-state index contributed by atoms with van der Waals surface area (Å²) in [5, 5.41) is 17.4. The van der Waals surface area contributed by atoms with Crippen LogP contribution in [0.1, 0.15) is 10.4 Å². The highest BCUT2D eigenvalue weighted by molar-refractivity contribution is 5.91. The molecule has 5 heteroatoms. The van der Waals surface area contributed by atoms with Crippen molar-refractivity contribution >= 4 is 29.0 Å². The van der Waals surface area contributed by atoms with Crippen molar-refractivity contribution < 1.29 is 15.0 Å². The summed E-state index contributed by atoms with van der Waals surface area (Å²) in [7, 11) is 0. The molecule has 4 nitrogen and oxygen atoms in total. The van der Waals surface area contributed by atoms with Crippen molar-refractivity contribution in [2.75, 3.05) is 5.73 Å². The number of benzene rings is 1. The molecule has 0 unspecified atom stereocenters. The highest BCUT2D eigenvalue weighted by Crippen LogP contribution is 2.18. The van der Waals surface area contributed by atoms with Gasteiger partial charge < -0.3 is 15.9 Å². The number of hydrogen-bond acceptors (Lipinski definition) is 3. The number of carboxylic acid groups (broad SMARTS) is 1. The van der Waals surface area contributed by atoms with Crippen LogP contribution in [-0.4, -0.2) is 33.5 Å². The Hall–Kier alpha value is -1.18.